The highest BCUT2D eigenvalue weighted by Crippen LogP contribution is 2.32. The van der Waals surface area contributed by atoms with E-state index in [1.165, 1.54) is 7.11 Å². The molecular weight excluding hydrogens is 306 g/mol. The second-order valence-electron chi connectivity index (χ2n) is 4.35. The lowest BCUT2D eigenvalue weighted by Crippen LogP contribution is -2.34. The maximum Gasteiger partial charge on any atom is 0.325 e. The van der Waals surface area contributed by atoms with Crippen LogP contribution in [0.1, 0.15) is 12.5 Å². The number of ether oxygens (including phenoxy) is 2. The van der Waals surface area contributed by atoms with Crippen molar-refractivity contribution >= 4 is 35.0 Å². The van der Waals surface area contributed by atoms with E-state index in [2.05, 4.69) is 4.74 Å². The fraction of sp³-hybridized carbons (Fsp3) is 0.267. The van der Waals surface area contributed by atoms with Gasteiger partial charge in [0.15, 0.2) is 0 Å². The van der Waals surface area contributed by atoms with Gasteiger partial charge in [0.1, 0.15) is 12.3 Å². The zero-order valence-corrected chi connectivity index (χ0v) is 13.0. The fourth-order valence-electron chi connectivity index (χ4n) is 1.81. The number of hydrogen-bond donors (Lipinski definition) is 0. The minimum absolute atomic E-state index is 0.276. The summed E-state index contributed by atoms with van der Waals surface area (Å²) in [5.74, 6) is -0.391. The van der Waals surface area contributed by atoms with Gasteiger partial charge in [0.2, 0.25) is 0 Å². The number of nitrogens with zero attached hydrogens (tertiary/aromatic N) is 1. The standard InChI is InChI=1S/C15H15NO5S/c1-3-21-11-6-4-10(5-7-11)8-12-14(18)16(15(19)22-12)9-13(17)20-2/h4-8H,3,9H2,1-2H3/b12-8+. The van der Waals surface area contributed by atoms with E-state index in [-0.39, 0.29) is 11.4 Å². The van der Waals surface area contributed by atoms with E-state index in [1.54, 1.807) is 30.3 Å². The van der Waals surface area contributed by atoms with Crippen LogP contribution in [-0.4, -0.2) is 42.3 Å². The van der Waals surface area contributed by atoms with Gasteiger partial charge < -0.3 is 9.47 Å². The van der Waals surface area contributed by atoms with Crippen LogP contribution in [0.25, 0.3) is 6.08 Å². The monoisotopic (exact) mass is 321 g/mol. The van der Waals surface area contributed by atoms with Crippen LogP contribution in [0, 0.1) is 0 Å². The van der Waals surface area contributed by atoms with Crippen LogP contribution in [0.2, 0.25) is 0 Å². The van der Waals surface area contributed by atoms with E-state index in [0.29, 0.717) is 6.61 Å². The molecule has 0 atom stereocenters. The number of imide groups is 1. The molecule has 0 bridgehead atoms. The summed E-state index contributed by atoms with van der Waals surface area (Å²) in [7, 11) is 1.21. The third kappa shape index (κ3) is 3.67. The number of hydrogen-bond acceptors (Lipinski definition) is 6. The molecular formula is C15H15NO5S. The number of rotatable bonds is 5. The third-order valence-corrected chi connectivity index (χ3v) is 3.78. The van der Waals surface area contributed by atoms with E-state index in [4.69, 9.17) is 4.74 Å². The Morgan fingerprint density at radius 1 is 1.27 bits per heavy atom. The van der Waals surface area contributed by atoms with Gasteiger partial charge in [-0.2, -0.15) is 0 Å². The molecule has 1 heterocycles. The Morgan fingerprint density at radius 2 is 1.95 bits per heavy atom. The summed E-state index contributed by atoms with van der Waals surface area (Å²) in [5.41, 5.74) is 0.770. The van der Waals surface area contributed by atoms with Crippen molar-refractivity contribution in [3.63, 3.8) is 0 Å². The number of carbonyl (C=O) groups is 3. The Morgan fingerprint density at radius 3 is 2.55 bits per heavy atom. The highest BCUT2D eigenvalue weighted by atomic mass is 32.2. The summed E-state index contributed by atoms with van der Waals surface area (Å²) in [5, 5.41) is -0.479. The van der Waals surface area contributed by atoms with Gasteiger partial charge in [0, 0.05) is 0 Å². The first kappa shape index (κ1) is 16.1. The zero-order chi connectivity index (χ0) is 16.1. The van der Waals surface area contributed by atoms with E-state index < -0.39 is 17.1 Å². The van der Waals surface area contributed by atoms with Gasteiger partial charge in [-0.15, -0.1) is 0 Å². The normalized spacial score (nSPS) is 16.3. The first-order chi connectivity index (χ1) is 10.5. The van der Waals surface area contributed by atoms with Gasteiger partial charge in [-0.1, -0.05) is 12.1 Å². The van der Waals surface area contributed by atoms with Crippen LogP contribution >= 0.6 is 11.8 Å². The Kier molecular flexibility index (Phi) is 5.21. The van der Waals surface area contributed by atoms with Gasteiger partial charge in [-0.05, 0) is 42.5 Å². The van der Waals surface area contributed by atoms with Crippen molar-refractivity contribution in [3.8, 4) is 5.75 Å². The van der Waals surface area contributed by atoms with Crippen molar-refractivity contribution in [3.05, 3.63) is 34.7 Å². The molecule has 2 rings (SSSR count). The average molecular weight is 321 g/mol. The number of esters is 1. The number of thioether (sulfide) groups is 1. The predicted molar refractivity (Wildman–Crippen MR) is 82.3 cm³/mol. The van der Waals surface area contributed by atoms with E-state index in [9.17, 15) is 14.4 Å². The minimum Gasteiger partial charge on any atom is -0.494 e. The molecule has 1 saturated heterocycles. The molecule has 1 aromatic rings. The molecule has 1 fully saturated rings. The maximum absolute atomic E-state index is 12.1. The molecule has 1 aliphatic rings. The summed E-state index contributed by atoms with van der Waals surface area (Å²) >= 11 is 0.803. The van der Waals surface area contributed by atoms with Gasteiger partial charge in [0.05, 0.1) is 18.6 Å². The lowest BCUT2D eigenvalue weighted by atomic mass is 10.2. The highest BCUT2D eigenvalue weighted by molar-refractivity contribution is 8.18. The average Bonchev–Trinajstić information content (AvgIpc) is 2.77. The van der Waals surface area contributed by atoms with Crippen molar-refractivity contribution in [1.29, 1.82) is 0 Å². The fourth-order valence-corrected chi connectivity index (χ4v) is 2.65. The molecule has 0 radical (unpaired) electrons. The lowest BCUT2D eigenvalue weighted by molar-refractivity contribution is -0.143. The quantitative estimate of drug-likeness (QED) is 0.612. The summed E-state index contributed by atoms with van der Waals surface area (Å²) in [6.07, 6.45) is 1.61. The lowest BCUT2D eigenvalue weighted by Gasteiger charge is -2.09. The van der Waals surface area contributed by atoms with Crippen molar-refractivity contribution in [1.82, 2.24) is 4.90 Å². The molecule has 0 unspecified atom stereocenters. The van der Waals surface area contributed by atoms with Crippen LogP contribution in [0.15, 0.2) is 29.2 Å². The number of methoxy groups -OCH3 is 1. The summed E-state index contributed by atoms with van der Waals surface area (Å²) < 4.78 is 9.81. The van der Waals surface area contributed by atoms with Crippen LogP contribution in [0.3, 0.4) is 0 Å². The minimum atomic E-state index is -0.635. The second-order valence-corrected chi connectivity index (χ2v) is 5.34. The molecule has 116 valence electrons. The predicted octanol–water partition coefficient (Wildman–Crippen LogP) is 2.29. The smallest absolute Gasteiger partial charge is 0.325 e. The zero-order valence-electron chi connectivity index (χ0n) is 12.2. The van der Waals surface area contributed by atoms with Crippen molar-refractivity contribution < 1.29 is 23.9 Å². The number of benzene rings is 1. The van der Waals surface area contributed by atoms with Crippen LogP contribution in [0.5, 0.6) is 5.75 Å². The molecule has 0 aliphatic carbocycles. The first-order valence-corrected chi connectivity index (χ1v) is 7.42. The molecule has 22 heavy (non-hydrogen) atoms. The Hall–Kier alpha value is -2.28. The van der Waals surface area contributed by atoms with Crippen LogP contribution < -0.4 is 4.74 Å². The van der Waals surface area contributed by atoms with Gasteiger partial charge >= 0.3 is 5.97 Å². The molecule has 2 amide bonds. The van der Waals surface area contributed by atoms with E-state index in [0.717, 1.165) is 28.0 Å². The van der Waals surface area contributed by atoms with Crippen LogP contribution in [0.4, 0.5) is 4.79 Å². The first-order valence-electron chi connectivity index (χ1n) is 6.60. The molecule has 1 aliphatic heterocycles. The topological polar surface area (TPSA) is 72.9 Å². The van der Waals surface area contributed by atoms with Gasteiger partial charge in [-0.25, -0.2) is 0 Å². The van der Waals surface area contributed by atoms with Gasteiger partial charge in [-0.3, -0.25) is 19.3 Å². The van der Waals surface area contributed by atoms with Crippen LogP contribution in [-0.2, 0) is 14.3 Å². The van der Waals surface area contributed by atoms with Crippen molar-refractivity contribution in [2.45, 2.75) is 6.92 Å². The highest BCUT2D eigenvalue weighted by Gasteiger charge is 2.36. The number of carbonyl (C=O) groups excluding carboxylic acids is 3. The van der Waals surface area contributed by atoms with Gasteiger partial charge in [0.25, 0.3) is 11.1 Å². The Bertz CT molecular complexity index is 623. The maximum atomic E-state index is 12.1. The summed E-state index contributed by atoms with van der Waals surface area (Å²) in [6, 6.07) is 7.15. The Labute approximate surface area is 132 Å². The van der Waals surface area contributed by atoms with E-state index in [1.807, 2.05) is 6.92 Å². The molecule has 0 N–H and O–H groups in total. The summed E-state index contributed by atoms with van der Waals surface area (Å²) in [6.45, 7) is 2.10. The second kappa shape index (κ2) is 7.13. The van der Waals surface area contributed by atoms with Crippen molar-refractivity contribution in [2.75, 3.05) is 20.3 Å². The molecule has 0 saturated carbocycles. The molecule has 1 aromatic carbocycles. The molecule has 0 spiro atoms. The number of amides is 2. The molecule has 7 heteroatoms. The molecule has 6 nitrogen and oxygen atoms in total. The van der Waals surface area contributed by atoms with Crippen molar-refractivity contribution in [2.24, 2.45) is 0 Å². The summed E-state index contributed by atoms with van der Waals surface area (Å²) in [4.78, 5) is 36.3. The van der Waals surface area contributed by atoms with E-state index >= 15 is 0 Å². The SMILES string of the molecule is CCOc1ccc(/C=C2/SC(=O)N(CC(=O)OC)C2=O)cc1. The Balaban J connectivity index is 2.13. The third-order valence-electron chi connectivity index (χ3n) is 2.88. The largest absolute Gasteiger partial charge is 0.494 e. The molecule has 0 aromatic heterocycles.